The first-order valence-corrected chi connectivity index (χ1v) is 5.76. The maximum Gasteiger partial charge on any atom is 0.00877 e. The second kappa shape index (κ2) is 4.45. The number of nitrogens with two attached hydrogens (primary N) is 1. The third kappa shape index (κ3) is 3.68. The number of rotatable bonds is 3. The van der Waals surface area contributed by atoms with Gasteiger partial charge in [0.25, 0.3) is 0 Å². The van der Waals surface area contributed by atoms with Gasteiger partial charge in [0.2, 0.25) is 0 Å². The smallest absolute Gasteiger partial charge is 0.00877 e. The van der Waals surface area contributed by atoms with Gasteiger partial charge in [-0.05, 0) is 24.2 Å². The van der Waals surface area contributed by atoms with Gasteiger partial charge in [0.1, 0.15) is 0 Å². The molecule has 0 aromatic heterocycles. The molecule has 0 saturated heterocycles. The second-order valence-electron chi connectivity index (χ2n) is 5.70. The first-order valence-electron chi connectivity index (χ1n) is 5.76. The molecule has 0 bridgehead atoms. The lowest BCUT2D eigenvalue weighted by molar-refractivity contribution is 0.285. The predicted octanol–water partition coefficient (Wildman–Crippen LogP) is 3.33. The molecule has 1 rings (SSSR count). The summed E-state index contributed by atoms with van der Waals surface area (Å²) in [5.41, 5.74) is 6.42. The zero-order valence-electron chi connectivity index (χ0n) is 9.47. The third-order valence-electron chi connectivity index (χ3n) is 3.47. The van der Waals surface area contributed by atoms with Gasteiger partial charge in [-0.1, -0.05) is 46.5 Å². The summed E-state index contributed by atoms with van der Waals surface area (Å²) in [6.45, 7) is 6.73. The van der Waals surface area contributed by atoms with Crippen LogP contribution in [0.1, 0.15) is 59.3 Å². The first kappa shape index (κ1) is 11.0. The fourth-order valence-electron chi connectivity index (χ4n) is 2.15. The Bertz CT molecular complexity index is 140. The van der Waals surface area contributed by atoms with Gasteiger partial charge >= 0.3 is 0 Å². The molecule has 13 heavy (non-hydrogen) atoms. The molecule has 1 aliphatic carbocycles. The van der Waals surface area contributed by atoms with Crippen LogP contribution < -0.4 is 5.73 Å². The molecule has 0 amide bonds. The SMILES string of the molecule is CC(C)(C)C(N)CCC1CCCC1. The van der Waals surface area contributed by atoms with E-state index in [2.05, 4.69) is 20.8 Å². The van der Waals surface area contributed by atoms with Crippen molar-refractivity contribution < 1.29 is 0 Å². The lowest BCUT2D eigenvalue weighted by atomic mass is 9.83. The van der Waals surface area contributed by atoms with Crippen LogP contribution in [-0.2, 0) is 0 Å². The average Bonchev–Trinajstić information content (AvgIpc) is 2.50. The van der Waals surface area contributed by atoms with Gasteiger partial charge in [-0.25, -0.2) is 0 Å². The van der Waals surface area contributed by atoms with Crippen LogP contribution in [0.2, 0.25) is 0 Å². The summed E-state index contributed by atoms with van der Waals surface area (Å²) >= 11 is 0. The minimum atomic E-state index is 0.290. The van der Waals surface area contributed by atoms with Crippen molar-refractivity contribution in [3.05, 3.63) is 0 Å². The topological polar surface area (TPSA) is 26.0 Å². The molecule has 1 unspecified atom stereocenters. The molecule has 2 N–H and O–H groups in total. The van der Waals surface area contributed by atoms with E-state index in [1.165, 1.54) is 38.5 Å². The standard InChI is InChI=1S/C12H25N/c1-12(2,3)11(13)9-8-10-6-4-5-7-10/h10-11H,4-9,13H2,1-3H3. The van der Waals surface area contributed by atoms with E-state index in [1.807, 2.05) is 0 Å². The number of hydrogen-bond acceptors (Lipinski definition) is 1. The van der Waals surface area contributed by atoms with Crippen molar-refractivity contribution in [3.63, 3.8) is 0 Å². The molecule has 1 atom stereocenters. The molecule has 0 aromatic rings. The van der Waals surface area contributed by atoms with Crippen LogP contribution in [0.15, 0.2) is 0 Å². The van der Waals surface area contributed by atoms with Crippen LogP contribution in [0, 0.1) is 11.3 Å². The summed E-state index contributed by atoms with van der Waals surface area (Å²) in [6.07, 6.45) is 8.39. The van der Waals surface area contributed by atoms with Crippen molar-refractivity contribution in [2.75, 3.05) is 0 Å². The normalized spacial score (nSPS) is 22.2. The molecule has 1 aliphatic rings. The largest absolute Gasteiger partial charge is 0.327 e. The first-order chi connectivity index (χ1) is 6.00. The summed E-state index contributed by atoms with van der Waals surface area (Å²) in [5.74, 6) is 0.994. The Morgan fingerprint density at radius 1 is 1.23 bits per heavy atom. The van der Waals surface area contributed by atoms with Crippen LogP contribution in [-0.4, -0.2) is 6.04 Å². The Kier molecular flexibility index (Phi) is 3.78. The van der Waals surface area contributed by atoms with E-state index in [9.17, 15) is 0 Å². The van der Waals surface area contributed by atoms with Crippen LogP contribution in [0.5, 0.6) is 0 Å². The van der Waals surface area contributed by atoms with Gasteiger partial charge in [0, 0.05) is 6.04 Å². The summed E-state index contributed by atoms with van der Waals surface area (Å²) in [7, 11) is 0. The highest BCUT2D eigenvalue weighted by molar-refractivity contribution is 4.78. The minimum absolute atomic E-state index is 0.290. The summed E-state index contributed by atoms with van der Waals surface area (Å²) in [4.78, 5) is 0. The van der Waals surface area contributed by atoms with Gasteiger partial charge in [-0.3, -0.25) is 0 Å². The van der Waals surface area contributed by atoms with Gasteiger partial charge in [-0.15, -0.1) is 0 Å². The molecule has 78 valence electrons. The molecule has 1 saturated carbocycles. The van der Waals surface area contributed by atoms with Crippen LogP contribution in [0.4, 0.5) is 0 Å². The quantitative estimate of drug-likeness (QED) is 0.713. The summed E-state index contributed by atoms with van der Waals surface area (Å²) in [5, 5.41) is 0. The van der Waals surface area contributed by atoms with Gasteiger partial charge in [0.05, 0.1) is 0 Å². The van der Waals surface area contributed by atoms with Crippen molar-refractivity contribution in [2.24, 2.45) is 17.1 Å². The fourth-order valence-corrected chi connectivity index (χ4v) is 2.15. The van der Waals surface area contributed by atoms with Gasteiger partial charge in [-0.2, -0.15) is 0 Å². The molecule has 0 aliphatic heterocycles. The zero-order valence-corrected chi connectivity index (χ0v) is 9.47. The molecular weight excluding hydrogens is 158 g/mol. The van der Waals surface area contributed by atoms with Crippen molar-refractivity contribution in [2.45, 2.75) is 65.3 Å². The van der Waals surface area contributed by atoms with E-state index in [1.54, 1.807) is 0 Å². The predicted molar refractivity (Wildman–Crippen MR) is 58.6 cm³/mol. The van der Waals surface area contributed by atoms with E-state index in [4.69, 9.17) is 5.73 Å². The Labute approximate surface area is 83.1 Å². The van der Waals surface area contributed by atoms with Crippen LogP contribution >= 0.6 is 0 Å². The van der Waals surface area contributed by atoms with E-state index in [-0.39, 0.29) is 0 Å². The van der Waals surface area contributed by atoms with Crippen molar-refractivity contribution in [1.82, 2.24) is 0 Å². The molecular formula is C12H25N. The average molecular weight is 183 g/mol. The molecule has 0 radical (unpaired) electrons. The molecule has 1 nitrogen and oxygen atoms in total. The molecule has 0 aromatic carbocycles. The minimum Gasteiger partial charge on any atom is -0.327 e. The van der Waals surface area contributed by atoms with E-state index < -0.39 is 0 Å². The summed E-state index contributed by atoms with van der Waals surface area (Å²) < 4.78 is 0. The van der Waals surface area contributed by atoms with E-state index in [0.29, 0.717) is 11.5 Å². The fraction of sp³-hybridized carbons (Fsp3) is 1.00. The van der Waals surface area contributed by atoms with Crippen molar-refractivity contribution >= 4 is 0 Å². The second-order valence-corrected chi connectivity index (χ2v) is 5.70. The highest BCUT2D eigenvalue weighted by Crippen LogP contribution is 2.31. The monoisotopic (exact) mass is 183 g/mol. The van der Waals surface area contributed by atoms with Crippen LogP contribution in [0.25, 0.3) is 0 Å². The van der Waals surface area contributed by atoms with Crippen molar-refractivity contribution in [1.29, 1.82) is 0 Å². The van der Waals surface area contributed by atoms with Crippen LogP contribution in [0.3, 0.4) is 0 Å². The molecule has 0 heterocycles. The van der Waals surface area contributed by atoms with E-state index >= 15 is 0 Å². The van der Waals surface area contributed by atoms with E-state index in [0.717, 1.165) is 5.92 Å². The zero-order chi connectivity index (χ0) is 9.90. The molecule has 0 spiro atoms. The number of hydrogen-bond donors (Lipinski definition) is 1. The summed E-state index contributed by atoms with van der Waals surface area (Å²) in [6, 6.07) is 0.382. The Balaban J connectivity index is 2.17. The Hall–Kier alpha value is -0.0400. The molecule has 1 heteroatoms. The van der Waals surface area contributed by atoms with Gasteiger partial charge < -0.3 is 5.73 Å². The Morgan fingerprint density at radius 3 is 2.23 bits per heavy atom. The van der Waals surface area contributed by atoms with Crippen molar-refractivity contribution in [3.8, 4) is 0 Å². The lowest BCUT2D eigenvalue weighted by Gasteiger charge is -2.27. The lowest BCUT2D eigenvalue weighted by Crippen LogP contribution is -2.35. The Morgan fingerprint density at radius 2 is 1.77 bits per heavy atom. The third-order valence-corrected chi connectivity index (χ3v) is 3.47. The highest BCUT2D eigenvalue weighted by Gasteiger charge is 2.22. The maximum absolute atomic E-state index is 6.13. The van der Waals surface area contributed by atoms with Gasteiger partial charge in [0.15, 0.2) is 0 Å². The molecule has 1 fully saturated rings. The maximum atomic E-state index is 6.13. The highest BCUT2D eigenvalue weighted by atomic mass is 14.7.